The number of allylic oxidation sites excluding steroid dienone is 1. The second-order valence-electron chi connectivity index (χ2n) is 9.06. The summed E-state index contributed by atoms with van der Waals surface area (Å²) in [4.78, 5) is 55.3. The fourth-order valence-corrected chi connectivity index (χ4v) is 5.65. The summed E-state index contributed by atoms with van der Waals surface area (Å²) in [6.45, 7) is 3.95. The molecule has 3 atom stereocenters. The Hall–Kier alpha value is -3.43. The summed E-state index contributed by atoms with van der Waals surface area (Å²) >= 11 is 2.35. The zero-order valence-electron chi connectivity index (χ0n) is 19.8. The summed E-state index contributed by atoms with van der Waals surface area (Å²) in [6.07, 6.45) is 0.115. The van der Waals surface area contributed by atoms with Crippen LogP contribution in [0, 0.1) is 0 Å². The molecule has 1 aromatic rings. The average molecular weight is 540 g/mol. The number of esters is 1. The Bertz CT molecular complexity index is 1160. The number of aliphatic carboxylic acids is 1. The smallest absolute Gasteiger partial charge is 0.355 e. The van der Waals surface area contributed by atoms with Crippen molar-refractivity contribution >= 4 is 57.7 Å². The number of nitrogens with zero attached hydrogens (tertiary/aromatic N) is 4. The normalized spacial score (nSPS) is 20.8. The lowest BCUT2D eigenvalue weighted by molar-refractivity contribution is -0.873. The van der Waals surface area contributed by atoms with E-state index in [1.54, 1.807) is 0 Å². The number of ether oxygens (including phenoxy) is 1. The van der Waals surface area contributed by atoms with Gasteiger partial charge in [0.05, 0.1) is 27.6 Å². The van der Waals surface area contributed by atoms with E-state index < -0.39 is 53.4 Å². The first kappa shape index (κ1) is 27.2. The summed E-state index contributed by atoms with van der Waals surface area (Å²) in [7, 11) is 5.50. The molecule has 0 aromatic carbocycles. The summed E-state index contributed by atoms with van der Waals surface area (Å²) in [6, 6.07) is -1.01. The lowest BCUT2D eigenvalue weighted by Crippen LogP contribution is -2.71. The van der Waals surface area contributed by atoms with Crippen molar-refractivity contribution in [3.05, 3.63) is 35.0 Å². The summed E-state index contributed by atoms with van der Waals surface area (Å²) in [5.41, 5.74) is 5.63. The molecule has 1 saturated heterocycles. The maximum absolute atomic E-state index is 13.2. The first-order valence-electron chi connectivity index (χ1n) is 10.6. The molecule has 0 radical (unpaired) electrons. The van der Waals surface area contributed by atoms with E-state index in [0.717, 1.165) is 11.3 Å². The molecule has 194 valence electrons. The van der Waals surface area contributed by atoms with Gasteiger partial charge in [0.1, 0.15) is 29.4 Å². The number of quaternary nitrogens is 1. The minimum Gasteiger partial charge on any atom is -0.481 e. The molecular weight excluding hydrogens is 512 g/mol. The third-order valence-corrected chi connectivity index (χ3v) is 7.21. The zero-order chi connectivity index (χ0) is 26.8. The molecule has 0 saturated carbocycles. The molecule has 3 rings (SSSR count). The molecule has 0 spiro atoms. The van der Waals surface area contributed by atoms with Gasteiger partial charge in [0.15, 0.2) is 16.9 Å². The standard InChI is InChI=1S/C21H26N6O7S2/c1-5-10-8-35-19-15(24-17(30)14(25-33)12-9-36-21(22)23-12)18(31)26(19)16(10)20(32)34-11(6-13(28)29)7-27(2,3)4/h5,9,11,15,19H,1,6-8H2,2-4H3,(H4-,22,23,24,28,29,30,33)/p+1/t11?,15-,19-/m1/s1. The molecule has 1 fully saturated rings. The number of thiazole rings is 1. The number of nitrogen functional groups attached to an aromatic ring is 1. The molecular formula is C21H27N6O7S2+. The number of carboxylic acids is 1. The summed E-state index contributed by atoms with van der Waals surface area (Å²) in [5, 5.41) is 25.0. The molecule has 2 aliphatic rings. The van der Waals surface area contributed by atoms with Crippen LogP contribution in [0.25, 0.3) is 0 Å². The van der Waals surface area contributed by atoms with Crippen molar-refractivity contribution in [3.63, 3.8) is 0 Å². The molecule has 36 heavy (non-hydrogen) atoms. The number of rotatable bonds is 10. The first-order chi connectivity index (χ1) is 16.9. The SMILES string of the molecule is C=CC1=C(C(=O)OC(CC(=O)O)C[N+](C)(C)C)N2C(=O)[C@@H](NC(=O)/C(=N\O)c3csc(N)n3)[C@H]2SC1. The fourth-order valence-electron chi connectivity index (χ4n) is 3.76. The number of anilines is 1. The van der Waals surface area contributed by atoms with Crippen molar-refractivity contribution in [2.45, 2.75) is 23.9 Å². The highest BCUT2D eigenvalue weighted by Gasteiger charge is 2.54. The number of hydrogen-bond acceptors (Lipinski definition) is 11. The van der Waals surface area contributed by atoms with Gasteiger partial charge in [-0.15, -0.1) is 23.1 Å². The number of nitrogens with one attached hydrogen (secondary N) is 1. The third-order valence-electron chi connectivity index (χ3n) is 5.23. The fraction of sp³-hybridized carbons (Fsp3) is 0.429. The second kappa shape index (κ2) is 10.7. The molecule has 0 aliphatic carbocycles. The van der Waals surface area contributed by atoms with E-state index in [1.807, 2.05) is 21.1 Å². The first-order valence-corrected chi connectivity index (χ1v) is 12.6. The zero-order valence-corrected chi connectivity index (χ0v) is 21.5. The predicted molar refractivity (Wildman–Crippen MR) is 132 cm³/mol. The molecule has 1 aromatic heterocycles. The van der Waals surface area contributed by atoms with E-state index in [2.05, 4.69) is 22.0 Å². The van der Waals surface area contributed by atoms with Crippen molar-refractivity contribution < 1.29 is 38.7 Å². The van der Waals surface area contributed by atoms with Crippen LogP contribution < -0.4 is 11.1 Å². The highest BCUT2D eigenvalue weighted by molar-refractivity contribution is 8.00. The van der Waals surface area contributed by atoms with Crippen LogP contribution in [0.1, 0.15) is 12.1 Å². The van der Waals surface area contributed by atoms with E-state index in [1.165, 1.54) is 28.1 Å². The quantitative estimate of drug-likeness (QED) is 0.0777. The van der Waals surface area contributed by atoms with Gasteiger partial charge in [0.2, 0.25) is 0 Å². The van der Waals surface area contributed by atoms with Crippen molar-refractivity contribution in [2.24, 2.45) is 5.16 Å². The largest absolute Gasteiger partial charge is 0.481 e. The number of likely N-dealkylation sites (N-methyl/N-ethyl adjacent to an activating group) is 1. The Labute approximate surface area is 214 Å². The van der Waals surface area contributed by atoms with Crippen molar-refractivity contribution in [3.8, 4) is 0 Å². The highest BCUT2D eigenvalue weighted by atomic mass is 32.2. The Balaban J connectivity index is 1.78. The second-order valence-corrected chi connectivity index (χ2v) is 11.1. The van der Waals surface area contributed by atoms with Gasteiger partial charge in [-0.1, -0.05) is 17.8 Å². The molecule has 0 bridgehead atoms. The van der Waals surface area contributed by atoms with Crippen molar-refractivity contribution in [1.82, 2.24) is 15.2 Å². The van der Waals surface area contributed by atoms with Gasteiger partial charge >= 0.3 is 11.9 Å². The Morgan fingerprint density at radius 2 is 2.14 bits per heavy atom. The number of nitrogens with two attached hydrogens (primary N) is 1. The maximum Gasteiger partial charge on any atom is 0.355 e. The number of oxime groups is 1. The average Bonchev–Trinajstić information content (AvgIpc) is 3.20. The Kier molecular flexibility index (Phi) is 8.05. The molecule has 2 aliphatic heterocycles. The van der Waals surface area contributed by atoms with Crippen LogP contribution in [0.3, 0.4) is 0 Å². The number of hydrogen-bond donors (Lipinski definition) is 4. The van der Waals surface area contributed by atoms with Crippen LogP contribution in [0.4, 0.5) is 5.13 Å². The number of carbonyl (C=O) groups is 4. The summed E-state index contributed by atoms with van der Waals surface area (Å²) < 4.78 is 5.89. The van der Waals surface area contributed by atoms with Crippen LogP contribution in [0.5, 0.6) is 0 Å². The van der Waals surface area contributed by atoms with Gasteiger partial charge in [-0.2, -0.15) is 0 Å². The lowest BCUT2D eigenvalue weighted by atomic mass is 10.0. The van der Waals surface area contributed by atoms with Gasteiger partial charge in [-0.3, -0.25) is 19.3 Å². The van der Waals surface area contributed by atoms with E-state index >= 15 is 0 Å². The van der Waals surface area contributed by atoms with E-state index in [4.69, 9.17) is 10.5 Å². The number of amides is 2. The number of β-lactam (4-membered cyclic amide) rings is 1. The molecule has 2 amide bonds. The molecule has 15 heteroatoms. The van der Waals surface area contributed by atoms with E-state index in [9.17, 15) is 29.5 Å². The topological polar surface area (TPSA) is 185 Å². The number of thioether (sulfide) groups is 1. The number of fused-ring (bicyclic) bond motifs is 1. The van der Waals surface area contributed by atoms with Crippen LogP contribution >= 0.6 is 23.1 Å². The van der Waals surface area contributed by atoms with Crippen LogP contribution in [-0.4, -0.2) is 105 Å². The molecule has 13 nitrogen and oxygen atoms in total. The van der Waals surface area contributed by atoms with E-state index in [-0.39, 0.29) is 23.1 Å². The van der Waals surface area contributed by atoms with Crippen molar-refractivity contribution in [2.75, 3.05) is 39.2 Å². The molecule has 1 unspecified atom stereocenters. The predicted octanol–water partition coefficient (Wildman–Crippen LogP) is -0.164. The maximum atomic E-state index is 13.2. The third kappa shape index (κ3) is 5.85. The van der Waals surface area contributed by atoms with Gasteiger partial charge in [0.25, 0.3) is 11.8 Å². The number of aromatic nitrogens is 1. The minimum atomic E-state index is -1.12. The van der Waals surface area contributed by atoms with Gasteiger partial charge in [0, 0.05) is 11.1 Å². The molecule has 5 N–H and O–H groups in total. The number of carbonyl (C=O) groups excluding carboxylic acids is 3. The van der Waals surface area contributed by atoms with Crippen LogP contribution in [-0.2, 0) is 23.9 Å². The van der Waals surface area contributed by atoms with Crippen LogP contribution in [0.2, 0.25) is 0 Å². The highest BCUT2D eigenvalue weighted by Crippen LogP contribution is 2.41. The van der Waals surface area contributed by atoms with Crippen molar-refractivity contribution in [1.29, 1.82) is 0 Å². The Morgan fingerprint density at radius 3 is 2.67 bits per heavy atom. The summed E-state index contributed by atoms with van der Waals surface area (Å²) in [5.74, 6) is -3.08. The van der Waals surface area contributed by atoms with Gasteiger partial charge in [-0.05, 0) is 5.57 Å². The lowest BCUT2D eigenvalue weighted by Gasteiger charge is -2.49. The monoisotopic (exact) mass is 539 g/mol. The minimum absolute atomic E-state index is 0.0376. The number of carboxylic acid groups (broad SMARTS) is 1. The molecule has 3 heterocycles. The van der Waals surface area contributed by atoms with Crippen LogP contribution in [0.15, 0.2) is 34.5 Å². The van der Waals surface area contributed by atoms with Gasteiger partial charge < -0.3 is 30.6 Å². The Morgan fingerprint density at radius 1 is 1.44 bits per heavy atom. The van der Waals surface area contributed by atoms with E-state index in [0.29, 0.717) is 15.8 Å². The van der Waals surface area contributed by atoms with Gasteiger partial charge in [-0.25, -0.2) is 9.78 Å².